The number of nitrogens with zero attached hydrogens (tertiary/aromatic N) is 1. The van der Waals surface area contributed by atoms with Crippen molar-refractivity contribution < 1.29 is 9.53 Å². The Balaban J connectivity index is 2.24. The highest BCUT2D eigenvalue weighted by atomic mass is 16.5. The van der Waals surface area contributed by atoms with Gasteiger partial charge in [-0.2, -0.15) is 5.26 Å². The van der Waals surface area contributed by atoms with E-state index in [1.54, 1.807) is 13.0 Å². The Morgan fingerprint density at radius 2 is 1.81 bits per heavy atom. The summed E-state index contributed by atoms with van der Waals surface area (Å²) < 4.78 is 4.89. The molecule has 0 radical (unpaired) electrons. The summed E-state index contributed by atoms with van der Waals surface area (Å²) in [5.74, 6) is -0.411. The van der Waals surface area contributed by atoms with E-state index in [1.807, 2.05) is 72.8 Å². The smallest absolute Gasteiger partial charge is 0.330 e. The van der Waals surface area contributed by atoms with Crippen molar-refractivity contribution in [3.63, 3.8) is 0 Å². The SMILES string of the molecule is CCOC(=O)/C=C/CC(C#N)(/C=C/c1ccccc1)Nc1ccccc1. The van der Waals surface area contributed by atoms with E-state index in [-0.39, 0.29) is 0 Å². The molecule has 26 heavy (non-hydrogen) atoms. The topological polar surface area (TPSA) is 62.1 Å². The van der Waals surface area contributed by atoms with Crippen molar-refractivity contribution in [1.82, 2.24) is 0 Å². The first kappa shape index (κ1) is 19.0. The molecule has 132 valence electrons. The molecule has 0 saturated carbocycles. The Hall–Kier alpha value is -3.32. The van der Waals surface area contributed by atoms with Crippen LogP contribution in [0.1, 0.15) is 18.9 Å². The Kier molecular flexibility index (Phi) is 7.20. The minimum atomic E-state index is -0.986. The van der Waals surface area contributed by atoms with Crippen molar-refractivity contribution in [2.24, 2.45) is 0 Å². The number of ether oxygens (including phenoxy) is 1. The molecule has 0 spiro atoms. The second kappa shape index (κ2) is 9.85. The molecule has 0 saturated heterocycles. The first-order valence-electron chi connectivity index (χ1n) is 8.49. The normalized spacial score (nSPS) is 13.2. The third kappa shape index (κ3) is 5.95. The molecule has 4 heteroatoms. The van der Waals surface area contributed by atoms with Gasteiger partial charge in [-0.05, 0) is 30.7 Å². The Labute approximate surface area is 154 Å². The number of nitriles is 1. The second-order valence-electron chi connectivity index (χ2n) is 5.68. The molecule has 0 aliphatic heterocycles. The van der Waals surface area contributed by atoms with Crippen LogP contribution in [-0.4, -0.2) is 18.1 Å². The van der Waals surface area contributed by atoms with Crippen molar-refractivity contribution in [3.8, 4) is 6.07 Å². The van der Waals surface area contributed by atoms with Crippen LogP contribution in [0.2, 0.25) is 0 Å². The lowest BCUT2D eigenvalue weighted by atomic mass is 9.94. The molecule has 2 aromatic rings. The van der Waals surface area contributed by atoms with Crippen LogP contribution in [0.15, 0.2) is 78.9 Å². The first-order chi connectivity index (χ1) is 12.7. The lowest BCUT2D eigenvalue weighted by molar-refractivity contribution is -0.137. The van der Waals surface area contributed by atoms with Crippen LogP contribution in [0.3, 0.4) is 0 Å². The zero-order chi connectivity index (χ0) is 18.7. The quantitative estimate of drug-likeness (QED) is 0.561. The highest BCUT2D eigenvalue weighted by Gasteiger charge is 2.25. The number of anilines is 1. The number of rotatable bonds is 8. The van der Waals surface area contributed by atoms with Gasteiger partial charge in [-0.3, -0.25) is 0 Å². The molecule has 4 nitrogen and oxygen atoms in total. The van der Waals surface area contributed by atoms with E-state index in [0.29, 0.717) is 13.0 Å². The minimum absolute atomic E-state index is 0.320. The highest BCUT2D eigenvalue weighted by molar-refractivity contribution is 5.81. The van der Waals surface area contributed by atoms with Crippen molar-refractivity contribution in [3.05, 3.63) is 84.5 Å². The van der Waals surface area contributed by atoms with Crippen LogP contribution in [0.25, 0.3) is 6.08 Å². The molecule has 0 bridgehead atoms. The van der Waals surface area contributed by atoms with Crippen molar-refractivity contribution >= 4 is 17.7 Å². The number of hydrogen-bond donors (Lipinski definition) is 1. The number of benzene rings is 2. The van der Waals surface area contributed by atoms with Gasteiger partial charge in [0.05, 0.1) is 12.7 Å². The monoisotopic (exact) mass is 346 g/mol. The maximum absolute atomic E-state index is 11.5. The predicted molar refractivity (Wildman–Crippen MR) is 104 cm³/mol. The van der Waals surface area contributed by atoms with Crippen LogP contribution in [0.4, 0.5) is 5.69 Å². The van der Waals surface area contributed by atoms with Crippen LogP contribution in [-0.2, 0) is 9.53 Å². The number of nitrogens with one attached hydrogen (secondary N) is 1. The van der Waals surface area contributed by atoms with E-state index in [4.69, 9.17) is 4.74 Å². The summed E-state index contributed by atoms with van der Waals surface area (Å²) in [6.45, 7) is 2.08. The van der Waals surface area contributed by atoms with E-state index in [2.05, 4.69) is 11.4 Å². The average molecular weight is 346 g/mol. The molecular weight excluding hydrogens is 324 g/mol. The number of esters is 1. The van der Waals surface area contributed by atoms with E-state index in [1.165, 1.54) is 6.08 Å². The number of para-hydroxylation sites is 1. The van der Waals surface area contributed by atoms with Gasteiger partial charge in [-0.25, -0.2) is 4.79 Å². The van der Waals surface area contributed by atoms with Crippen LogP contribution < -0.4 is 5.32 Å². The van der Waals surface area contributed by atoms with E-state index in [0.717, 1.165) is 11.3 Å². The van der Waals surface area contributed by atoms with Crippen LogP contribution >= 0.6 is 0 Å². The molecular formula is C22H22N2O2. The molecule has 1 N–H and O–H groups in total. The standard InChI is InChI=1S/C22H22N2O2/c1-2-26-21(25)14-9-16-22(18-23,24-20-12-7-4-8-13-20)17-15-19-10-5-3-6-11-19/h3-15,17,24H,2,16H2,1H3/b14-9+,17-15+. The minimum Gasteiger partial charge on any atom is -0.463 e. The average Bonchev–Trinajstić information content (AvgIpc) is 2.68. The zero-order valence-corrected chi connectivity index (χ0v) is 14.8. The van der Waals surface area contributed by atoms with Gasteiger partial charge in [0.1, 0.15) is 5.54 Å². The summed E-state index contributed by atoms with van der Waals surface area (Å²) in [5.41, 5.74) is 0.841. The Bertz CT molecular complexity index is 792. The molecule has 0 aliphatic carbocycles. The summed E-state index contributed by atoms with van der Waals surface area (Å²) in [6.07, 6.45) is 7.06. The fourth-order valence-corrected chi connectivity index (χ4v) is 2.38. The second-order valence-corrected chi connectivity index (χ2v) is 5.68. The van der Waals surface area contributed by atoms with Gasteiger partial charge < -0.3 is 10.1 Å². The van der Waals surface area contributed by atoms with Crippen LogP contribution in [0, 0.1) is 11.3 Å². The van der Waals surface area contributed by atoms with Gasteiger partial charge in [-0.1, -0.05) is 60.7 Å². The predicted octanol–water partition coefficient (Wildman–Crippen LogP) is 4.58. The molecule has 0 aliphatic rings. The van der Waals surface area contributed by atoms with Gasteiger partial charge in [0.25, 0.3) is 0 Å². The first-order valence-corrected chi connectivity index (χ1v) is 8.49. The molecule has 0 aromatic heterocycles. The van der Waals surface area contributed by atoms with Gasteiger partial charge in [0, 0.05) is 18.2 Å². The van der Waals surface area contributed by atoms with Gasteiger partial charge in [0.15, 0.2) is 0 Å². The zero-order valence-electron chi connectivity index (χ0n) is 14.8. The summed E-state index contributed by atoms with van der Waals surface area (Å²) >= 11 is 0. The maximum Gasteiger partial charge on any atom is 0.330 e. The van der Waals surface area contributed by atoms with Crippen molar-refractivity contribution in [1.29, 1.82) is 5.26 Å². The van der Waals surface area contributed by atoms with Crippen molar-refractivity contribution in [2.45, 2.75) is 18.9 Å². The summed E-state index contributed by atoms with van der Waals surface area (Å²) in [6, 6.07) is 21.6. The fraction of sp³-hybridized carbons (Fsp3) is 0.182. The van der Waals surface area contributed by atoms with Gasteiger partial charge >= 0.3 is 5.97 Å². The lowest BCUT2D eigenvalue weighted by Gasteiger charge is -2.24. The molecule has 1 unspecified atom stereocenters. The largest absolute Gasteiger partial charge is 0.463 e. The summed E-state index contributed by atoms with van der Waals surface area (Å²) in [4.78, 5) is 11.5. The summed E-state index contributed by atoms with van der Waals surface area (Å²) in [7, 11) is 0. The molecule has 1 atom stereocenters. The molecule has 0 fully saturated rings. The molecule has 2 aromatic carbocycles. The third-order valence-electron chi connectivity index (χ3n) is 3.68. The van der Waals surface area contributed by atoms with E-state index < -0.39 is 11.5 Å². The van der Waals surface area contributed by atoms with Crippen LogP contribution in [0.5, 0.6) is 0 Å². The highest BCUT2D eigenvalue weighted by Crippen LogP contribution is 2.22. The van der Waals surface area contributed by atoms with Gasteiger partial charge in [-0.15, -0.1) is 0 Å². The molecule has 0 heterocycles. The summed E-state index contributed by atoms with van der Waals surface area (Å²) in [5, 5.41) is 13.1. The third-order valence-corrected chi connectivity index (χ3v) is 3.68. The van der Waals surface area contributed by atoms with E-state index >= 15 is 0 Å². The number of hydrogen-bond acceptors (Lipinski definition) is 4. The molecule has 0 amide bonds. The van der Waals surface area contributed by atoms with Gasteiger partial charge in [0.2, 0.25) is 0 Å². The maximum atomic E-state index is 11.5. The Morgan fingerprint density at radius 3 is 2.42 bits per heavy atom. The Morgan fingerprint density at radius 1 is 1.15 bits per heavy atom. The van der Waals surface area contributed by atoms with Crippen molar-refractivity contribution in [2.75, 3.05) is 11.9 Å². The lowest BCUT2D eigenvalue weighted by Crippen LogP contribution is -2.33. The number of carbonyl (C=O) groups excluding carboxylic acids is 1. The molecule has 2 rings (SSSR count). The van der Waals surface area contributed by atoms with E-state index in [9.17, 15) is 10.1 Å². The number of carbonyl (C=O) groups is 1. The fourth-order valence-electron chi connectivity index (χ4n) is 2.38.